The molecule has 2 aromatic rings. The maximum Gasteiger partial charge on any atom is 0.254 e. The number of aromatic nitrogens is 4. The highest BCUT2D eigenvalue weighted by atomic mass is 35.5. The molecular formula is C14H14ClN5O3. The van der Waals surface area contributed by atoms with Crippen LogP contribution in [0.15, 0.2) is 12.1 Å². The number of amides is 1. The molecule has 0 aliphatic carbocycles. The molecule has 9 heteroatoms. The van der Waals surface area contributed by atoms with Crippen LogP contribution in [-0.2, 0) is 0 Å². The molecule has 0 saturated carbocycles. The van der Waals surface area contributed by atoms with Crippen LogP contribution in [0.4, 0.5) is 0 Å². The zero-order valence-electron chi connectivity index (χ0n) is 12.2. The summed E-state index contributed by atoms with van der Waals surface area (Å²) in [4.78, 5) is 14.6. The average Bonchev–Trinajstić information content (AvgIpc) is 3.25. The Kier molecular flexibility index (Phi) is 3.53. The summed E-state index contributed by atoms with van der Waals surface area (Å²) < 4.78 is 10.6. The first kappa shape index (κ1) is 14.3. The van der Waals surface area contributed by atoms with Gasteiger partial charge in [-0.05, 0) is 25.0 Å². The number of hydrogen-bond acceptors (Lipinski definition) is 6. The molecule has 0 bridgehead atoms. The molecule has 1 N–H and O–H groups in total. The fourth-order valence-corrected chi connectivity index (χ4v) is 3.25. The van der Waals surface area contributed by atoms with Gasteiger partial charge in [-0.1, -0.05) is 16.8 Å². The molecule has 8 nitrogen and oxygen atoms in total. The minimum Gasteiger partial charge on any atom is -0.454 e. The predicted octanol–water partition coefficient (Wildman–Crippen LogP) is 1.60. The van der Waals surface area contributed by atoms with Gasteiger partial charge in [0.2, 0.25) is 6.79 Å². The van der Waals surface area contributed by atoms with Crippen LogP contribution >= 0.6 is 11.6 Å². The van der Waals surface area contributed by atoms with Crippen molar-refractivity contribution in [2.24, 2.45) is 0 Å². The van der Waals surface area contributed by atoms with E-state index in [-0.39, 0.29) is 18.6 Å². The summed E-state index contributed by atoms with van der Waals surface area (Å²) in [6.45, 7) is 1.37. The van der Waals surface area contributed by atoms with Gasteiger partial charge in [0.1, 0.15) is 0 Å². The normalized spacial score (nSPS) is 19.9. The van der Waals surface area contributed by atoms with Crippen molar-refractivity contribution in [1.82, 2.24) is 25.5 Å². The zero-order chi connectivity index (χ0) is 15.8. The van der Waals surface area contributed by atoms with Crippen molar-refractivity contribution in [3.8, 4) is 11.5 Å². The standard InChI is InChI=1S/C14H14ClN5O3/c15-10-4-9(5-11-12(10)23-7-22-11)14(21)20-3-1-2-8(6-20)13-16-18-19-17-13/h4-5,8H,1-3,6-7H2,(H,16,17,18,19). The maximum absolute atomic E-state index is 12.8. The Labute approximate surface area is 136 Å². The maximum atomic E-state index is 12.8. The van der Waals surface area contributed by atoms with E-state index in [1.54, 1.807) is 17.0 Å². The largest absolute Gasteiger partial charge is 0.454 e. The quantitative estimate of drug-likeness (QED) is 0.896. The van der Waals surface area contributed by atoms with Gasteiger partial charge in [-0.2, -0.15) is 5.21 Å². The molecule has 2 aliphatic rings. The highest BCUT2D eigenvalue weighted by molar-refractivity contribution is 6.32. The van der Waals surface area contributed by atoms with Crippen LogP contribution in [0.5, 0.6) is 11.5 Å². The topological polar surface area (TPSA) is 93.2 Å². The first-order chi connectivity index (χ1) is 11.2. The first-order valence-corrected chi connectivity index (χ1v) is 7.72. The van der Waals surface area contributed by atoms with Crippen LogP contribution in [0.3, 0.4) is 0 Å². The smallest absolute Gasteiger partial charge is 0.254 e. The SMILES string of the molecule is O=C(c1cc(Cl)c2c(c1)OCO2)N1CCCC(c2nn[nH]n2)C1. The summed E-state index contributed by atoms with van der Waals surface area (Å²) in [5, 5.41) is 14.5. The number of hydrogen-bond donors (Lipinski definition) is 1. The van der Waals surface area contributed by atoms with Crippen molar-refractivity contribution >= 4 is 17.5 Å². The number of halogens is 1. The predicted molar refractivity (Wildman–Crippen MR) is 79.6 cm³/mol. The molecule has 0 spiro atoms. The molecule has 1 atom stereocenters. The van der Waals surface area contributed by atoms with E-state index in [0.717, 1.165) is 12.8 Å². The van der Waals surface area contributed by atoms with Crippen molar-refractivity contribution in [3.05, 3.63) is 28.5 Å². The number of tetrazole rings is 1. The van der Waals surface area contributed by atoms with Gasteiger partial charge in [0, 0.05) is 24.6 Å². The van der Waals surface area contributed by atoms with E-state index >= 15 is 0 Å². The summed E-state index contributed by atoms with van der Waals surface area (Å²) in [6.07, 6.45) is 1.83. The number of carbonyl (C=O) groups excluding carboxylic acids is 1. The van der Waals surface area contributed by atoms with Gasteiger partial charge in [0.15, 0.2) is 17.3 Å². The molecule has 1 fully saturated rings. The fraction of sp³-hybridized carbons (Fsp3) is 0.429. The number of aromatic amines is 1. The highest BCUT2D eigenvalue weighted by Crippen LogP contribution is 2.40. The molecule has 1 aromatic heterocycles. The Hall–Kier alpha value is -2.35. The van der Waals surface area contributed by atoms with E-state index in [0.29, 0.717) is 41.0 Å². The molecule has 3 heterocycles. The second-order valence-electron chi connectivity index (χ2n) is 5.55. The number of piperidine rings is 1. The Morgan fingerprint density at radius 3 is 3.13 bits per heavy atom. The molecule has 120 valence electrons. The molecule has 1 aromatic carbocycles. The van der Waals surface area contributed by atoms with Crippen LogP contribution in [0.25, 0.3) is 0 Å². The molecule has 1 saturated heterocycles. The number of rotatable bonds is 2. The van der Waals surface area contributed by atoms with Gasteiger partial charge >= 0.3 is 0 Å². The molecule has 4 rings (SSSR count). The van der Waals surface area contributed by atoms with E-state index in [1.807, 2.05) is 0 Å². The van der Waals surface area contributed by atoms with Gasteiger partial charge in [0.25, 0.3) is 5.91 Å². The Morgan fingerprint density at radius 1 is 1.39 bits per heavy atom. The third-order valence-electron chi connectivity index (χ3n) is 4.11. The van der Waals surface area contributed by atoms with E-state index in [4.69, 9.17) is 21.1 Å². The van der Waals surface area contributed by atoms with Gasteiger partial charge in [0.05, 0.1) is 5.02 Å². The summed E-state index contributed by atoms with van der Waals surface area (Å²) in [6, 6.07) is 3.30. The summed E-state index contributed by atoms with van der Waals surface area (Å²) >= 11 is 6.16. The van der Waals surface area contributed by atoms with E-state index < -0.39 is 0 Å². The molecule has 1 unspecified atom stereocenters. The van der Waals surface area contributed by atoms with E-state index in [2.05, 4.69) is 20.6 Å². The van der Waals surface area contributed by atoms with Gasteiger partial charge in [-0.3, -0.25) is 4.79 Å². The molecule has 23 heavy (non-hydrogen) atoms. The van der Waals surface area contributed by atoms with Crippen LogP contribution in [0.2, 0.25) is 5.02 Å². The number of likely N-dealkylation sites (tertiary alicyclic amines) is 1. The van der Waals surface area contributed by atoms with Gasteiger partial charge in [-0.25, -0.2) is 0 Å². The van der Waals surface area contributed by atoms with Crippen LogP contribution in [-0.4, -0.2) is 51.3 Å². The summed E-state index contributed by atoms with van der Waals surface area (Å²) in [7, 11) is 0. The Morgan fingerprint density at radius 2 is 2.30 bits per heavy atom. The number of H-pyrrole nitrogens is 1. The van der Waals surface area contributed by atoms with Crippen molar-refractivity contribution < 1.29 is 14.3 Å². The average molecular weight is 336 g/mol. The zero-order valence-corrected chi connectivity index (χ0v) is 12.9. The lowest BCUT2D eigenvalue weighted by molar-refractivity contribution is 0.0704. The number of fused-ring (bicyclic) bond motifs is 1. The van der Waals surface area contributed by atoms with Crippen molar-refractivity contribution in [2.45, 2.75) is 18.8 Å². The van der Waals surface area contributed by atoms with Gasteiger partial charge in [-0.15, -0.1) is 10.2 Å². The molecular weight excluding hydrogens is 322 g/mol. The minimum absolute atomic E-state index is 0.0848. The fourth-order valence-electron chi connectivity index (χ4n) is 2.99. The molecule has 0 radical (unpaired) electrons. The third-order valence-corrected chi connectivity index (χ3v) is 4.39. The van der Waals surface area contributed by atoms with E-state index in [1.165, 1.54) is 0 Å². The van der Waals surface area contributed by atoms with Crippen molar-refractivity contribution in [3.63, 3.8) is 0 Å². The highest BCUT2D eigenvalue weighted by Gasteiger charge is 2.29. The Bertz CT molecular complexity index is 736. The number of ether oxygens (including phenoxy) is 2. The van der Waals surface area contributed by atoms with Crippen LogP contribution in [0, 0.1) is 0 Å². The lowest BCUT2D eigenvalue weighted by Gasteiger charge is -2.31. The van der Waals surface area contributed by atoms with Crippen molar-refractivity contribution in [1.29, 1.82) is 0 Å². The second-order valence-corrected chi connectivity index (χ2v) is 5.96. The van der Waals surface area contributed by atoms with Crippen molar-refractivity contribution in [2.75, 3.05) is 19.9 Å². The molecule has 2 aliphatic heterocycles. The summed E-state index contributed by atoms with van der Waals surface area (Å²) in [5.74, 6) is 1.65. The summed E-state index contributed by atoms with van der Waals surface area (Å²) in [5.41, 5.74) is 0.494. The second kappa shape index (κ2) is 5.69. The number of nitrogens with zero attached hydrogens (tertiary/aromatic N) is 4. The monoisotopic (exact) mass is 335 g/mol. The van der Waals surface area contributed by atoms with Crippen LogP contribution in [0.1, 0.15) is 34.9 Å². The molecule has 1 amide bonds. The third kappa shape index (κ3) is 2.59. The minimum atomic E-state index is -0.0848. The number of nitrogens with one attached hydrogen (secondary N) is 1. The van der Waals surface area contributed by atoms with Crippen LogP contribution < -0.4 is 9.47 Å². The number of benzene rings is 1. The number of carbonyl (C=O) groups is 1. The van der Waals surface area contributed by atoms with Gasteiger partial charge < -0.3 is 14.4 Å². The lowest BCUT2D eigenvalue weighted by Crippen LogP contribution is -2.39. The lowest BCUT2D eigenvalue weighted by atomic mass is 9.97. The Balaban J connectivity index is 1.56. The van der Waals surface area contributed by atoms with E-state index in [9.17, 15) is 4.79 Å². The first-order valence-electron chi connectivity index (χ1n) is 7.34.